The molecule has 1 amide bonds. The number of hydrogen-bond donors (Lipinski definition) is 1. The van der Waals surface area contributed by atoms with Gasteiger partial charge in [-0.2, -0.15) is 0 Å². The van der Waals surface area contributed by atoms with Crippen molar-refractivity contribution in [3.8, 4) is 11.5 Å². The fourth-order valence-electron chi connectivity index (χ4n) is 2.17. The van der Waals surface area contributed by atoms with Crippen molar-refractivity contribution in [3.05, 3.63) is 58.6 Å². The lowest BCUT2D eigenvalue weighted by Crippen LogP contribution is -2.26. The van der Waals surface area contributed by atoms with Crippen LogP contribution in [0, 0.1) is 0 Å². The summed E-state index contributed by atoms with van der Waals surface area (Å²) >= 11 is 5.91. The highest BCUT2D eigenvalue weighted by Crippen LogP contribution is 2.29. The number of hydrogen-bond acceptors (Lipinski definition) is 3. The highest BCUT2D eigenvalue weighted by molar-refractivity contribution is 6.30. The van der Waals surface area contributed by atoms with Gasteiger partial charge in [0.1, 0.15) is 11.5 Å². The number of rotatable bonds is 5. The van der Waals surface area contributed by atoms with Gasteiger partial charge in [-0.1, -0.05) is 17.7 Å². The third kappa shape index (κ3) is 3.71. The van der Waals surface area contributed by atoms with Crippen LogP contribution < -0.4 is 14.8 Å². The summed E-state index contributed by atoms with van der Waals surface area (Å²) in [6, 6.07) is 12.1. The van der Waals surface area contributed by atoms with Crippen molar-refractivity contribution in [2.45, 2.75) is 13.0 Å². The Bertz CT molecular complexity index is 673. The zero-order valence-electron chi connectivity index (χ0n) is 12.7. The summed E-state index contributed by atoms with van der Waals surface area (Å²) in [5.41, 5.74) is 1.36. The van der Waals surface area contributed by atoms with E-state index in [1.54, 1.807) is 38.5 Å². The van der Waals surface area contributed by atoms with Crippen molar-refractivity contribution >= 4 is 17.5 Å². The highest BCUT2D eigenvalue weighted by atomic mass is 35.5. The van der Waals surface area contributed by atoms with Crippen LogP contribution in [0.25, 0.3) is 0 Å². The quantitative estimate of drug-likeness (QED) is 0.910. The van der Waals surface area contributed by atoms with Crippen molar-refractivity contribution in [3.63, 3.8) is 0 Å². The van der Waals surface area contributed by atoms with E-state index in [9.17, 15) is 4.79 Å². The van der Waals surface area contributed by atoms with Gasteiger partial charge in [-0.3, -0.25) is 4.79 Å². The van der Waals surface area contributed by atoms with Crippen LogP contribution in [0.2, 0.25) is 5.02 Å². The van der Waals surface area contributed by atoms with Crippen LogP contribution in [0.5, 0.6) is 11.5 Å². The molecule has 1 unspecified atom stereocenters. The molecule has 2 rings (SSSR count). The van der Waals surface area contributed by atoms with Crippen LogP contribution in [0.4, 0.5) is 0 Å². The van der Waals surface area contributed by atoms with Crippen LogP contribution in [0.15, 0.2) is 42.5 Å². The average molecular weight is 320 g/mol. The lowest BCUT2D eigenvalue weighted by molar-refractivity contribution is 0.0939. The summed E-state index contributed by atoms with van der Waals surface area (Å²) in [5, 5.41) is 3.46. The predicted octanol–water partition coefficient (Wildman–Crippen LogP) is 3.85. The Labute approximate surface area is 135 Å². The molecule has 5 heteroatoms. The molecule has 0 heterocycles. The molecule has 0 saturated heterocycles. The lowest BCUT2D eigenvalue weighted by Gasteiger charge is -2.18. The number of amides is 1. The summed E-state index contributed by atoms with van der Waals surface area (Å²) < 4.78 is 10.6. The first kappa shape index (κ1) is 16.2. The highest BCUT2D eigenvalue weighted by Gasteiger charge is 2.16. The van der Waals surface area contributed by atoms with Gasteiger partial charge in [-0.25, -0.2) is 0 Å². The molecule has 22 heavy (non-hydrogen) atoms. The maximum absolute atomic E-state index is 12.3. The Balaban J connectivity index is 2.21. The Hall–Kier alpha value is -2.20. The summed E-state index contributed by atoms with van der Waals surface area (Å²) in [5.74, 6) is 1.21. The molecule has 0 aromatic heterocycles. The minimum absolute atomic E-state index is 0.195. The Kier molecular flexibility index (Phi) is 5.28. The molecule has 1 N–H and O–H groups in total. The number of carbonyl (C=O) groups is 1. The molecular formula is C17H18ClNO3. The SMILES string of the molecule is COc1ccc(OC)c(C(C)NC(=O)c2cccc(Cl)c2)c1. The van der Waals surface area contributed by atoms with Crippen molar-refractivity contribution in [2.75, 3.05) is 14.2 Å². The molecule has 1 atom stereocenters. The van der Waals surface area contributed by atoms with E-state index in [0.29, 0.717) is 22.1 Å². The van der Waals surface area contributed by atoms with E-state index in [-0.39, 0.29) is 11.9 Å². The van der Waals surface area contributed by atoms with Gasteiger partial charge in [0.2, 0.25) is 0 Å². The molecule has 0 bridgehead atoms. The Morgan fingerprint density at radius 1 is 1.14 bits per heavy atom. The smallest absolute Gasteiger partial charge is 0.251 e. The first-order valence-corrected chi connectivity index (χ1v) is 7.21. The predicted molar refractivity (Wildman–Crippen MR) is 86.9 cm³/mol. The van der Waals surface area contributed by atoms with Gasteiger partial charge in [-0.15, -0.1) is 0 Å². The third-order valence-electron chi connectivity index (χ3n) is 3.34. The number of ether oxygens (including phenoxy) is 2. The maximum Gasteiger partial charge on any atom is 0.251 e. The summed E-state index contributed by atoms with van der Waals surface area (Å²) in [6.45, 7) is 1.89. The number of benzene rings is 2. The molecule has 0 aliphatic heterocycles. The molecular weight excluding hydrogens is 302 g/mol. The monoisotopic (exact) mass is 319 g/mol. The molecule has 2 aromatic rings. The van der Waals surface area contributed by atoms with E-state index in [0.717, 1.165) is 5.56 Å². The normalized spacial score (nSPS) is 11.6. The van der Waals surface area contributed by atoms with E-state index < -0.39 is 0 Å². The van der Waals surface area contributed by atoms with Crippen LogP contribution in [-0.2, 0) is 0 Å². The van der Waals surface area contributed by atoms with Crippen molar-refractivity contribution in [1.29, 1.82) is 0 Å². The summed E-state index contributed by atoms with van der Waals surface area (Å²) in [4.78, 5) is 12.3. The zero-order chi connectivity index (χ0) is 16.1. The fraction of sp³-hybridized carbons (Fsp3) is 0.235. The molecule has 0 spiro atoms. The maximum atomic E-state index is 12.3. The second-order valence-electron chi connectivity index (χ2n) is 4.81. The Morgan fingerprint density at radius 2 is 1.91 bits per heavy atom. The second-order valence-corrected chi connectivity index (χ2v) is 5.25. The average Bonchev–Trinajstić information content (AvgIpc) is 2.54. The lowest BCUT2D eigenvalue weighted by atomic mass is 10.1. The van der Waals surface area contributed by atoms with E-state index in [2.05, 4.69) is 5.32 Å². The van der Waals surface area contributed by atoms with E-state index in [1.807, 2.05) is 25.1 Å². The van der Waals surface area contributed by atoms with Gasteiger partial charge >= 0.3 is 0 Å². The number of carbonyl (C=O) groups excluding carboxylic acids is 1. The Morgan fingerprint density at radius 3 is 2.55 bits per heavy atom. The topological polar surface area (TPSA) is 47.6 Å². The van der Waals surface area contributed by atoms with Crippen LogP contribution in [-0.4, -0.2) is 20.1 Å². The molecule has 0 saturated carbocycles. The van der Waals surface area contributed by atoms with E-state index >= 15 is 0 Å². The molecule has 0 radical (unpaired) electrons. The number of methoxy groups -OCH3 is 2. The van der Waals surface area contributed by atoms with Gasteiger partial charge in [-0.05, 0) is 43.3 Å². The fourth-order valence-corrected chi connectivity index (χ4v) is 2.36. The standard InChI is InChI=1S/C17H18ClNO3/c1-11(15-10-14(21-2)7-8-16(15)22-3)19-17(20)12-5-4-6-13(18)9-12/h4-11H,1-3H3,(H,19,20). The minimum atomic E-state index is -0.239. The summed E-state index contributed by atoms with van der Waals surface area (Å²) in [7, 11) is 3.19. The van der Waals surface area contributed by atoms with E-state index in [4.69, 9.17) is 21.1 Å². The van der Waals surface area contributed by atoms with Crippen molar-refractivity contribution in [1.82, 2.24) is 5.32 Å². The van der Waals surface area contributed by atoms with Crippen LogP contribution in [0.3, 0.4) is 0 Å². The molecule has 0 aliphatic rings. The molecule has 2 aromatic carbocycles. The van der Waals surface area contributed by atoms with Gasteiger partial charge in [0.05, 0.1) is 20.3 Å². The van der Waals surface area contributed by atoms with Crippen molar-refractivity contribution < 1.29 is 14.3 Å². The summed E-state index contributed by atoms with van der Waals surface area (Å²) in [6.07, 6.45) is 0. The van der Waals surface area contributed by atoms with Gasteiger partial charge < -0.3 is 14.8 Å². The minimum Gasteiger partial charge on any atom is -0.497 e. The third-order valence-corrected chi connectivity index (χ3v) is 3.57. The van der Waals surface area contributed by atoms with Gasteiger partial charge in [0.15, 0.2) is 0 Å². The number of halogens is 1. The van der Waals surface area contributed by atoms with Gasteiger partial charge in [0, 0.05) is 16.1 Å². The first-order valence-electron chi connectivity index (χ1n) is 6.83. The second kappa shape index (κ2) is 7.18. The molecule has 0 aliphatic carbocycles. The largest absolute Gasteiger partial charge is 0.497 e. The number of nitrogens with one attached hydrogen (secondary N) is 1. The first-order chi connectivity index (χ1) is 10.5. The molecule has 4 nitrogen and oxygen atoms in total. The van der Waals surface area contributed by atoms with Crippen LogP contribution >= 0.6 is 11.6 Å². The molecule has 116 valence electrons. The van der Waals surface area contributed by atoms with E-state index in [1.165, 1.54) is 0 Å². The van der Waals surface area contributed by atoms with Crippen LogP contribution in [0.1, 0.15) is 28.9 Å². The van der Waals surface area contributed by atoms with Crippen molar-refractivity contribution in [2.24, 2.45) is 0 Å². The molecule has 0 fully saturated rings. The zero-order valence-corrected chi connectivity index (χ0v) is 13.5. The van der Waals surface area contributed by atoms with Gasteiger partial charge in [0.25, 0.3) is 5.91 Å².